The summed E-state index contributed by atoms with van der Waals surface area (Å²) in [5.74, 6) is 1.54. The lowest BCUT2D eigenvalue weighted by Gasteiger charge is -2.15. The van der Waals surface area contributed by atoms with Crippen LogP contribution in [0.3, 0.4) is 0 Å². The first-order chi connectivity index (χ1) is 6.81. The van der Waals surface area contributed by atoms with Crippen molar-refractivity contribution >= 4 is 11.6 Å². The van der Waals surface area contributed by atoms with Crippen molar-refractivity contribution in [1.82, 2.24) is 5.32 Å². The molecular formula is C11H16ClNO. The lowest BCUT2D eigenvalue weighted by molar-refractivity contribution is 0.413. The molecule has 1 unspecified atom stereocenters. The number of rotatable bonds is 5. The first-order valence-corrected chi connectivity index (χ1v) is 5.22. The first-order valence-electron chi connectivity index (χ1n) is 4.69. The standard InChI is InChI=1S/C11H16ClNO/c1-13-11(6-7-12)9-4-3-5-10(8-9)14-2/h3-5,8,11,13H,6-7H2,1-2H3. The molecule has 0 heterocycles. The Balaban J connectivity index is 2.80. The summed E-state index contributed by atoms with van der Waals surface area (Å²) in [6.07, 6.45) is 0.922. The fraction of sp³-hybridized carbons (Fsp3) is 0.455. The monoisotopic (exact) mass is 213 g/mol. The summed E-state index contributed by atoms with van der Waals surface area (Å²) in [6, 6.07) is 8.36. The van der Waals surface area contributed by atoms with E-state index < -0.39 is 0 Å². The molecule has 0 bridgehead atoms. The van der Waals surface area contributed by atoms with E-state index in [2.05, 4.69) is 11.4 Å². The van der Waals surface area contributed by atoms with Gasteiger partial charge in [-0.25, -0.2) is 0 Å². The summed E-state index contributed by atoms with van der Waals surface area (Å²) in [5.41, 5.74) is 1.22. The Kier molecular flexibility index (Phi) is 4.77. The molecular weight excluding hydrogens is 198 g/mol. The van der Waals surface area contributed by atoms with Crippen molar-refractivity contribution in [2.75, 3.05) is 20.0 Å². The molecule has 1 atom stereocenters. The highest BCUT2D eigenvalue weighted by atomic mass is 35.5. The van der Waals surface area contributed by atoms with Crippen molar-refractivity contribution < 1.29 is 4.74 Å². The van der Waals surface area contributed by atoms with Crippen molar-refractivity contribution in [1.29, 1.82) is 0 Å². The second-order valence-corrected chi connectivity index (χ2v) is 3.47. The van der Waals surface area contributed by atoms with Gasteiger partial charge < -0.3 is 10.1 Å². The Hall–Kier alpha value is -0.730. The quantitative estimate of drug-likeness (QED) is 0.760. The van der Waals surface area contributed by atoms with E-state index in [9.17, 15) is 0 Å². The second kappa shape index (κ2) is 5.89. The molecule has 2 nitrogen and oxygen atoms in total. The lowest BCUT2D eigenvalue weighted by atomic mass is 10.0. The minimum absolute atomic E-state index is 0.308. The highest BCUT2D eigenvalue weighted by Crippen LogP contribution is 2.21. The third-order valence-corrected chi connectivity index (χ3v) is 2.46. The van der Waals surface area contributed by atoms with Gasteiger partial charge in [-0.2, -0.15) is 0 Å². The third kappa shape index (κ3) is 2.89. The zero-order chi connectivity index (χ0) is 10.4. The molecule has 0 saturated carbocycles. The minimum atomic E-state index is 0.308. The SMILES string of the molecule is CNC(CCCl)c1cccc(OC)c1. The summed E-state index contributed by atoms with van der Waals surface area (Å²) >= 11 is 5.73. The van der Waals surface area contributed by atoms with Gasteiger partial charge in [0.1, 0.15) is 5.75 Å². The minimum Gasteiger partial charge on any atom is -0.497 e. The van der Waals surface area contributed by atoms with Gasteiger partial charge >= 0.3 is 0 Å². The van der Waals surface area contributed by atoms with Gasteiger partial charge in [0.25, 0.3) is 0 Å². The van der Waals surface area contributed by atoms with Crippen molar-refractivity contribution in [3.8, 4) is 5.75 Å². The van der Waals surface area contributed by atoms with Gasteiger partial charge in [-0.3, -0.25) is 0 Å². The Labute approximate surface area is 90.2 Å². The van der Waals surface area contributed by atoms with Crippen LogP contribution < -0.4 is 10.1 Å². The number of ether oxygens (including phenoxy) is 1. The zero-order valence-corrected chi connectivity index (χ0v) is 9.34. The third-order valence-electron chi connectivity index (χ3n) is 2.24. The average Bonchev–Trinajstić information content (AvgIpc) is 2.26. The molecule has 0 amide bonds. The number of hydrogen-bond donors (Lipinski definition) is 1. The van der Waals surface area contributed by atoms with Gasteiger partial charge in [0.2, 0.25) is 0 Å². The molecule has 1 N–H and O–H groups in total. The van der Waals surface area contributed by atoms with E-state index in [0.29, 0.717) is 11.9 Å². The van der Waals surface area contributed by atoms with Crippen molar-refractivity contribution in [2.24, 2.45) is 0 Å². The van der Waals surface area contributed by atoms with Crippen molar-refractivity contribution in [3.63, 3.8) is 0 Å². The van der Waals surface area contributed by atoms with E-state index >= 15 is 0 Å². The van der Waals surface area contributed by atoms with Gasteiger partial charge in [0.15, 0.2) is 0 Å². The van der Waals surface area contributed by atoms with Crippen LogP contribution in [-0.4, -0.2) is 20.0 Å². The summed E-state index contributed by atoms with van der Waals surface area (Å²) in [7, 11) is 3.62. The summed E-state index contributed by atoms with van der Waals surface area (Å²) in [5, 5.41) is 3.23. The van der Waals surface area contributed by atoms with Gasteiger partial charge in [0, 0.05) is 11.9 Å². The maximum Gasteiger partial charge on any atom is 0.119 e. The van der Waals surface area contributed by atoms with Crippen LogP contribution in [0.5, 0.6) is 5.75 Å². The van der Waals surface area contributed by atoms with Crippen LogP contribution in [-0.2, 0) is 0 Å². The second-order valence-electron chi connectivity index (χ2n) is 3.10. The molecule has 0 aliphatic heterocycles. The first kappa shape index (κ1) is 11.3. The van der Waals surface area contributed by atoms with Crippen LogP contribution in [0.2, 0.25) is 0 Å². The number of nitrogens with one attached hydrogen (secondary N) is 1. The molecule has 14 heavy (non-hydrogen) atoms. The Morgan fingerprint density at radius 2 is 2.29 bits per heavy atom. The fourth-order valence-corrected chi connectivity index (χ4v) is 1.66. The number of alkyl halides is 1. The molecule has 78 valence electrons. The smallest absolute Gasteiger partial charge is 0.119 e. The van der Waals surface area contributed by atoms with Gasteiger partial charge in [-0.05, 0) is 31.2 Å². The highest BCUT2D eigenvalue weighted by molar-refractivity contribution is 6.17. The molecule has 1 rings (SSSR count). The molecule has 0 radical (unpaired) electrons. The lowest BCUT2D eigenvalue weighted by Crippen LogP contribution is -2.16. The molecule has 1 aromatic rings. The number of hydrogen-bond acceptors (Lipinski definition) is 2. The van der Waals surface area contributed by atoms with Crippen molar-refractivity contribution in [2.45, 2.75) is 12.5 Å². The predicted molar refractivity (Wildman–Crippen MR) is 60.1 cm³/mol. The largest absolute Gasteiger partial charge is 0.497 e. The normalized spacial score (nSPS) is 12.5. The van der Waals surface area contributed by atoms with Crippen LogP contribution >= 0.6 is 11.6 Å². The number of benzene rings is 1. The van der Waals surface area contributed by atoms with Gasteiger partial charge in [-0.1, -0.05) is 12.1 Å². The maximum atomic E-state index is 5.73. The molecule has 0 fully saturated rings. The van der Waals surface area contributed by atoms with Gasteiger partial charge in [-0.15, -0.1) is 11.6 Å². The Morgan fingerprint density at radius 3 is 2.86 bits per heavy atom. The van der Waals surface area contributed by atoms with Crippen molar-refractivity contribution in [3.05, 3.63) is 29.8 Å². The number of halogens is 1. The van der Waals surface area contributed by atoms with Crippen LogP contribution in [0.15, 0.2) is 24.3 Å². The topological polar surface area (TPSA) is 21.3 Å². The van der Waals surface area contributed by atoms with Crippen LogP contribution in [0, 0.1) is 0 Å². The molecule has 0 saturated heterocycles. The van der Waals surface area contributed by atoms with E-state index in [-0.39, 0.29) is 0 Å². The summed E-state index contributed by atoms with van der Waals surface area (Å²) in [6.45, 7) is 0. The summed E-state index contributed by atoms with van der Waals surface area (Å²) in [4.78, 5) is 0. The average molecular weight is 214 g/mol. The molecule has 0 aliphatic carbocycles. The summed E-state index contributed by atoms with van der Waals surface area (Å²) < 4.78 is 5.17. The molecule has 0 spiro atoms. The zero-order valence-electron chi connectivity index (χ0n) is 8.59. The molecule has 0 aliphatic rings. The Morgan fingerprint density at radius 1 is 1.50 bits per heavy atom. The fourth-order valence-electron chi connectivity index (χ4n) is 1.45. The van der Waals surface area contributed by atoms with E-state index in [1.165, 1.54) is 5.56 Å². The van der Waals surface area contributed by atoms with Crippen LogP contribution in [0.1, 0.15) is 18.0 Å². The van der Waals surface area contributed by atoms with Gasteiger partial charge in [0.05, 0.1) is 7.11 Å². The molecule has 3 heteroatoms. The van der Waals surface area contributed by atoms with E-state index in [4.69, 9.17) is 16.3 Å². The van der Waals surface area contributed by atoms with Crippen LogP contribution in [0.25, 0.3) is 0 Å². The highest BCUT2D eigenvalue weighted by Gasteiger charge is 2.08. The van der Waals surface area contributed by atoms with E-state index in [0.717, 1.165) is 12.2 Å². The Bertz CT molecular complexity index is 278. The van der Waals surface area contributed by atoms with E-state index in [1.807, 2.05) is 25.2 Å². The van der Waals surface area contributed by atoms with Crippen LogP contribution in [0.4, 0.5) is 0 Å². The maximum absolute atomic E-state index is 5.73. The predicted octanol–water partition coefficient (Wildman–Crippen LogP) is 2.58. The molecule has 0 aromatic heterocycles. The number of methoxy groups -OCH3 is 1. The van der Waals surface area contributed by atoms with E-state index in [1.54, 1.807) is 7.11 Å². The molecule has 1 aromatic carbocycles.